The Bertz CT molecular complexity index is 459. The minimum Gasteiger partial charge on any atom is -0.504 e. The van der Waals surface area contributed by atoms with Gasteiger partial charge in [0.1, 0.15) is 6.04 Å². The van der Waals surface area contributed by atoms with Gasteiger partial charge < -0.3 is 15.2 Å². The number of alkyl halides is 3. The number of halogens is 3. The Morgan fingerprint density at radius 3 is 2.45 bits per heavy atom. The SMILES string of the molecule is COc1ccc([C@@H](N2CCNCC2)C(F)(F)F)cc1O. The number of benzene rings is 1. The highest BCUT2D eigenvalue weighted by atomic mass is 19.4. The number of hydrogen-bond acceptors (Lipinski definition) is 4. The molecule has 1 fully saturated rings. The second kappa shape index (κ2) is 5.88. The third kappa shape index (κ3) is 3.16. The lowest BCUT2D eigenvalue weighted by Crippen LogP contribution is -2.49. The summed E-state index contributed by atoms with van der Waals surface area (Å²) in [5, 5.41) is 12.7. The molecular formula is C13H17F3N2O2. The van der Waals surface area contributed by atoms with Gasteiger partial charge in [0.05, 0.1) is 7.11 Å². The Labute approximate surface area is 115 Å². The molecule has 1 aliphatic rings. The second-order valence-electron chi connectivity index (χ2n) is 4.66. The molecule has 112 valence electrons. The Morgan fingerprint density at radius 1 is 1.30 bits per heavy atom. The van der Waals surface area contributed by atoms with Crippen molar-refractivity contribution in [3.63, 3.8) is 0 Å². The third-order valence-corrected chi connectivity index (χ3v) is 3.35. The standard InChI is InChI=1S/C13H17F3N2O2/c1-20-11-3-2-9(8-10(11)19)12(13(14,15)16)18-6-4-17-5-7-18/h2-3,8,12,17,19H,4-7H2,1H3/t12-/m1/s1. The maximum atomic E-state index is 13.3. The maximum absolute atomic E-state index is 13.3. The van der Waals surface area contributed by atoms with Crippen molar-refractivity contribution in [3.8, 4) is 11.5 Å². The van der Waals surface area contributed by atoms with Gasteiger partial charge in [-0.2, -0.15) is 13.2 Å². The monoisotopic (exact) mass is 290 g/mol. The van der Waals surface area contributed by atoms with Crippen LogP contribution in [0.2, 0.25) is 0 Å². The van der Waals surface area contributed by atoms with Crippen LogP contribution in [-0.4, -0.2) is 49.5 Å². The van der Waals surface area contributed by atoms with Gasteiger partial charge in [-0.15, -0.1) is 0 Å². The Morgan fingerprint density at radius 2 is 1.95 bits per heavy atom. The molecule has 1 aromatic rings. The summed E-state index contributed by atoms with van der Waals surface area (Å²) in [6.07, 6.45) is -4.39. The van der Waals surface area contributed by atoms with Crippen LogP contribution in [0.1, 0.15) is 11.6 Å². The zero-order valence-corrected chi connectivity index (χ0v) is 11.1. The summed E-state index contributed by atoms with van der Waals surface area (Å²) in [4.78, 5) is 1.37. The van der Waals surface area contributed by atoms with Gasteiger partial charge in [-0.05, 0) is 17.7 Å². The number of piperazine rings is 1. The molecule has 0 spiro atoms. The van der Waals surface area contributed by atoms with Crippen LogP contribution >= 0.6 is 0 Å². The Balaban J connectivity index is 2.33. The van der Waals surface area contributed by atoms with E-state index in [9.17, 15) is 18.3 Å². The van der Waals surface area contributed by atoms with Crippen molar-refractivity contribution in [2.45, 2.75) is 12.2 Å². The summed E-state index contributed by atoms with van der Waals surface area (Å²) >= 11 is 0. The first-order valence-corrected chi connectivity index (χ1v) is 6.32. The molecule has 1 saturated heterocycles. The van der Waals surface area contributed by atoms with E-state index in [2.05, 4.69) is 5.32 Å². The number of nitrogens with zero attached hydrogens (tertiary/aromatic N) is 1. The van der Waals surface area contributed by atoms with Gasteiger partial charge >= 0.3 is 6.18 Å². The van der Waals surface area contributed by atoms with Gasteiger partial charge in [0.25, 0.3) is 0 Å². The van der Waals surface area contributed by atoms with Crippen LogP contribution in [0.25, 0.3) is 0 Å². The van der Waals surface area contributed by atoms with Crippen molar-refractivity contribution in [2.75, 3.05) is 33.3 Å². The smallest absolute Gasteiger partial charge is 0.408 e. The first kappa shape index (κ1) is 14.9. The molecule has 20 heavy (non-hydrogen) atoms. The highest BCUT2D eigenvalue weighted by Crippen LogP contribution is 2.40. The zero-order chi connectivity index (χ0) is 14.8. The van der Waals surface area contributed by atoms with Crippen molar-refractivity contribution in [2.24, 2.45) is 0 Å². The Hall–Kier alpha value is -1.47. The fraction of sp³-hybridized carbons (Fsp3) is 0.538. The summed E-state index contributed by atoms with van der Waals surface area (Å²) in [6.45, 7) is 1.68. The molecule has 2 N–H and O–H groups in total. The van der Waals surface area contributed by atoms with Gasteiger partial charge in [0, 0.05) is 26.2 Å². The van der Waals surface area contributed by atoms with Gasteiger partial charge in [0.15, 0.2) is 11.5 Å². The number of ether oxygens (including phenoxy) is 1. The average Bonchev–Trinajstić information content (AvgIpc) is 2.39. The van der Waals surface area contributed by atoms with Crippen molar-refractivity contribution in [3.05, 3.63) is 23.8 Å². The molecule has 1 atom stereocenters. The highest BCUT2D eigenvalue weighted by molar-refractivity contribution is 5.43. The lowest BCUT2D eigenvalue weighted by atomic mass is 10.0. The number of nitrogens with one attached hydrogen (secondary N) is 1. The largest absolute Gasteiger partial charge is 0.504 e. The van der Waals surface area contributed by atoms with Crippen LogP contribution in [0.4, 0.5) is 13.2 Å². The molecule has 0 amide bonds. The molecule has 7 heteroatoms. The zero-order valence-electron chi connectivity index (χ0n) is 11.1. The van der Waals surface area contributed by atoms with Crippen molar-refractivity contribution in [1.29, 1.82) is 0 Å². The van der Waals surface area contributed by atoms with Gasteiger partial charge in [-0.1, -0.05) is 6.07 Å². The van der Waals surface area contributed by atoms with Crippen LogP contribution in [0.3, 0.4) is 0 Å². The van der Waals surface area contributed by atoms with Crippen LogP contribution in [0, 0.1) is 0 Å². The van der Waals surface area contributed by atoms with Crippen LogP contribution < -0.4 is 10.1 Å². The predicted molar refractivity (Wildman–Crippen MR) is 67.9 cm³/mol. The van der Waals surface area contributed by atoms with E-state index in [1.165, 1.54) is 24.1 Å². The minimum absolute atomic E-state index is 0.0256. The topological polar surface area (TPSA) is 44.7 Å². The van der Waals surface area contributed by atoms with Crippen LogP contribution in [0.15, 0.2) is 18.2 Å². The van der Waals surface area contributed by atoms with Crippen LogP contribution in [0.5, 0.6) is 11.5 Å². The van der Waals surface area contributed by atoms with Gasteiger partial charge in [0.2, 0.25) is 0 Å². The van der Waals surface area contributed by atoms with E-state index in [-0.39, 0.29) is 17.1 Å². The van der Waals surface area contributed by atoms with Crippen molar-refractivity contribution >= 4 is 0 Å². The second-order valence-corrected chi connectivity index (χ2v) is 4.66. The first-order valence-electron chi connectivity index (χ1n) is 6.32. The molecule has 0 radical (unpaired) electrons. The third-order valence-electron chi connectivity index (χ3n) is 3.35. The molecule has 1 heterocycles. The molecule has 1 aromatic carbocycles. The quantitative estimate of drug-likeness (QED) is 0.892. The van der Waals surface area contributed by atoms with E-state index >= 15 is 0 Å². The Kier molecular flexibility index (Phi) is 4.39. The molecule has 0 aromatic heterocycles. The van der Waals surface area contributed by atoms with Crippen molar-refractivity contribution < 1.29 is 23.0 Å². The van der Waals surface area contributed by atoms with E-state index in [0.29, 0.717) is 26.2 Å². The van der Waals surface area contributed by atoms with Gasteiger partial charge in [-0.3, -0.25) is 4.90 Å². The number of phenolic OH excluding ortho intramolecular Hbond substituents is 1. The fourth-order valence-corrected chi connectivity index (χ4v) is 2.42. The van der Waals surface area contributed by atoms with E-state index in [0.717, 1.165) is 6.07 Å². The first-order chi connectivity index (χ1) is 9.43. The summed E-state index contributed by atoms with van der Waals surface area (Å²) in [6, 6.07) is 2.12. The minimum atomic E-state index is -4.39. The lowest BCUT2D eigenvalue weighted by Gasteiger charge is -2.36. The predicted octanol–water partition coefficient (Wildman–Crippen LogP) is 1.91. The number of methoxy groups -OCH3 is 1. The molecule has 0 aliphatic carbocycles. The molecule has 0 unspecified atom stereocenters. The summed E-state index contributed by atoms with van der Waals surface area (Å²) in [7, 11) is 1.35. The lowest BCUT2D eigenvalue weighted by molar-refractivity contribution is -0.187. The highest BCUT2D eigenvalue weighted by Gasteiger charge is 2.45. The molecule has 0 bridgehead atoms. The number of rotatable bonds is 3. The molecule has 0 saturated carbocycles. The molecule has 2 rings (SSSR count). The molecule has 1 aliphatic heterocycles. The van der Waals surface area contributed by atoms with Crippen LogP contribution in [-0.2, 0) is 0 Å². The maximum Gasteiger partial charge on any atom is 0.408 e. The number of hydrogen-bond donors (Lipinski definition) is 2. The summed E-state index contributed by atoms with van der Waals surface area (Å²) in [5.74, 6) is -0.121. The van der Waals surface area contributed by atoms with E-state index in [1.807, 2.05) is 0 Å². The van der Waals surface area contributed by atoms with E-state index in [1.54, 1.807) is 0 Å². The molecular weight excluding hydrogens is 273 g/mol. The van der Waals surface area contributed by atoms with E-state index < -0.39 is 12.2 Å². The normalized spacial score (nSPS) is 18.8. The summed E-state index contributed by atoms with van der Waals surface area (Å²) < 4.78 is 44.8. The summed E-state index contributed by atoms with van der Waals surface area (Å²) in [5.41, 5.74) is 0.0256. The van der Waals surface area contributed by atoms with Crippen molar-refractivity contribution in [1.82, 2.24) is 10.2 Å². The number of phenols is 1. The number of aromatic hydroxyl groups is 1. The fourth-order valence-electron chi connectivity index (χ4n) is 2.42. The van der Waals surface area contributed by atoms with E-state index in [4.69, 9.17) is 4.74 Å². The average molecular weight is 290 g/mol. The van der Waals surface area contributed by atoms with Gasteiger partial charge in [-0.25, -0.2) is 0 Å². The molecule has 4 nitrogen and oxygen atoms in total.